The standard InChI is InChI=1S/C28H35ClN2O3S/c1-20-3-6-22(7-4-20)35-16-15-31-13-11-28(19-32,12-14-31)10-9-26(33)27-23-17-21(34-2)5-8-25(23)30-18-24(27)29/h3-8,17-18,26,32-33H,9-16,19H2,1-2H3/t26-/m0/s1. The van der Waals surface area contributed by atoms with E-state index in [0.717, 1.165) is 55.6 Å². The lowest BCUT2D eigenvalue weighted by Gasteiger charge is -2.41. The Morgan fingerprint density at radius 2 is 1.91 bits per heavy atom. The van der Waals surface area contributed by atoms with Crippen molar-refractivity contribution in [3.63, 3.8) is 0 Å². The van der Waals surface area contributed by atoms with E-state index in [0.29, 0.717) is 22.8 Å². The third-order valence-corrected chi connectivity index (χ3v) is 8.59. The van der Waals surface area contributed by atoms with Crippen LogP contribution in [-0.2, 0) is 0 Å². The molecular formula is C28H35ClN2O3S. The number of aliphatic hydroxyl groups is 2. The average Bonchev–Trinajstić information content (AvgIpc) is 2.89. The zero-order valence-electron chi connectivity index (χ0n) is 20.5. The number of thioether (sulfide) groups is 1. The molecule has 4 rings (SSSR count). The van der Waals surface area contributed by atoms with Gasteiger partial charge in [0.1, 0.15) is 5.75 Å². The van der Waals surface area contributed by atoms with Crippen molar-refractivity contribution in [2.24, 2.45) is 5.41 Å². The van der Waals surface area contributed by atoms with Crippen LogP contribution in [0.5, 0.6) is 5.75 Å². The number of aryl methyl sites for hydroxylation is 1. The Kier molecular flexibility index (Phi) is 8.95. The minimum absolute atomic E-state index is 0.143. The molecule has 0 radical (unpaired) electrons. The highest BCUT2D eigenvalue weighted by atomic mass is 35.5. The second-order valence-corrected chi connectivity index (χ2v) is 11.2. The van der Waals surface area contributed by atoms with Gasteiger partial charge in [-0.2, -0.15) is 0 Å². The number of fused-ring (bicyclic) bond motifs is 1. The van der Waals surface area contributed by atoms with Crippen molar-refractivity contribution in [3.05, 3.63) is 64.8 Å². The SMILES string of the molecule is COc1ccc2ncc(Cl)c([C@@H](O)CCC3(CO)CCN(CCSc4ccc(C)cc4)CC3)c2c1. The molecule has 1 aliphatic heterocycles. The van der Waals surface area contributed by atoms with E-state index in [4.69, 9.17) is 16.3 Å². The molecule has 3 aromatic rings. The van der Waals surface area contributed by atoms with Crippen LogP contribution >= 0.6 is 23.4 Å². The van der Waals surface area contributed by atoms with Gasteiger partial charge in [-0.05, 0) is 81.4 Å². The lowest BCUT2D eigenvalue weighted by Crippen LogP contribution is -2.43. The maximum Gasteiger partial charge on any atom is 0.119 e. The van der Waals surface area contributed by atoms with Gasteiger partial charge in [0.15, 0.2) is 0 Å². The normalized spacial score (nSPS) is 16.9. The number of benzene rings is 2. The molecule has 2 N–H and O–H groups in total. The van der Waals surface area contributed by atoms with Gasteiger partial charge in [0.2, 0.25) is 0 Å². The van der Waals surface area contributed by atoms with Crippen molar-refractivity contribution in [1.29, 1.82) is 0 Å². The number of aromatic nitrogens is 1. The Morgan fingerprint density at radius 1 is 1.17 bits per heavy atom. The van der Waals surface area contributed by atoms with Gasteiger partial charge in [0.05, 0.1) is 23.8 Å². The molecule has 0 amide bonds. The molecule has 1 atom stereocenters. The molecule has 0 saturated carbocycles. The predicted molar refractivity (Wildman–Crippen MR) is 145 cm³/mol. The van der Waals surface area contributed by atoms with E-state index in [1.807, 2.05) is 30.0 Å². The van der Waals surface area contributed by atoms with Crippen LogP contribution in [0.2, 0.25) is 5.02 Å². The summed E-state index contributed by atoms with van der Waals surface area (Å²) >= 11 is 8.38. The van der Waals surface area contributed by atoms with E-state index < -0.39 is 6.10 Å². The zero-order valence-corrected chi connectivity index (χ0v) is 22.1. The van der Waals surface area contributed by atoms with Crippen molar-refractivity contribution in [2.45, 2.75) is 43.6 Å². The highest BCUT2D eigenvalue weighted by Crippen LogP contribution is 2.40. The molecule has 0 unspecified atom stereocenters. The van der Waals surface area contributed by atoms with Crippen LogP contribution in [0.3, 0.4) is 0 Å². The molecule has 1 fully saturated rings. The summed E-state index contributed by atoms with van der Waals surface area (Å²) in [4.78, 5) is 8.19. The summed E-state index contributed by atoms with van der Waals surface area (Å²) in [5.41, 5.74) is 2.59. The smallest absolute Gasteiger partial charge is 0.119 e. The maximum atomic E-state index is 11.1. The lowest BCUT2D eigenvalue weighted by atomic mass is 9.74. The summed E-state index contributed by atoms with van der Waals surface area (Å²) in [7, 11) is 1.62. The van der Waals surface area contributed by atoms with Gasteiger partial charge in [0.25, 0.3) is 0 Å². The molecule has 1 aliphatic rings. The van der Waals surface area contributed by atoms with Crippen LogP contribution in [0.25, 0.3) is 10.9 Å². The summed E-state index contributed by atoms with van der Waals surface area (Å²) in [6.07, 6.45) is 4.03. The van der Waals surface area contributed by atoms with Crippen molar-refractivity contribution in [3.8, 4) is 5.75 Å². The Morgan fingerprint density at radius 3 is 2.60 bits per heavy atom. The van der Waals surface area contributed by atoms with E-state index in [2.05, 4.69) is 41.1 Å². The van der Waals surface area contributed by atoms with E-state index >= 15 is 0 Å². The van der Waals surface area contributed by atoms with Gasteiger partial charge < -0.3 is 19.8 Å². The molecule has 1 aromatic heterocycles. The monoisotopic (exact) mass is 514 g/mol. The first-order valence-corrected chi connectivity index (χ1v) is 13.6. The van der Waals surface area contributed by atoms with Crippen molar-refractivity contribution in [2.75, 3.05) is 39.1 Å². The van der Waals surface area contributed by atoms with Gasteiger partial charge in [-0.1, -0.05) is 29.3 Å². The van der Waals surface area contributed by atoms with Crippen LogP contribution in [0.15, 0.2) is 53.6 Å². The number of ether oxygens (including phenoxy) is 1. The molecular weight excluding hydrogens is 480 g/mol. The van der Waals surface area contributed by atoms with Gasteiger partial charge in [-0.3, -0.25) is 4.98 Å². The molecule has 1 saturated heterocycles. The molecule has 7 heteroatoms. The molecule has 0 aliphatic carbocycles. The first kappa shape index (κ1) is 26.2. The Hall–Kier alpha value is -1.83. The maximum absolute atomic E-state index is 11.1. The number of piperidine rings is 1. The first-order valence-electron chi connectivity index (χ1n) is 12.3. The van der Waals surface area contributed by atoms with Crippen molar-refractivity contribution < 1.29 is 14.9 Å². The molecule has 2 heterocycles. The average molecular weight is 515 g/mol. The number of halogens is 1. The van der Waals surface area contributed by atoms with Crippen LogP contribution < -0.4 is 4.74 Å². The summed E-state index contributed by atoms with van der Waals surface area (Å²) < 4.78 is 5.36. The topological polar surface area (TPSA) is 65.8 Å². The molecule has 35 heavy (non-hydrogen) atoms. The lowest BCUT2D eigenvalue weighted by molar-refractivity contribution is 0.0254. The number of aliphatic hydroxyl groups excluding tert-OH is 2. The number of nitrogens with zero attached hydrogens (tertiary/aromatic N) is 2. The second kappa shape index (κ2) is 11.9. The van der Waals surface area contributed by atoms with Crippen molar-refractivity contribution in [1.82, 2.24) is 9.88 Å². The highest BCUT2D eigenvalue weighted by molar-refractivity contribution is 7.99. The quantitative estimate of drug-likeness (QED) is 0.329. The van der Waals surface area contributed by atoms with Crippen LogP contribution in [0.4, 0.5) is 0 Å². The van der Waals surface area contributed by atoms with E-state index in [9.17, 15) is 10.2 Å². The van der Waals surface area contributed by atoms with Gasteiger partial charge in [-0.15, -0.1) is 11.8 Å². The molecule has 188 valence electrons. The van der Waals surface area contributed by atoms with E-state index in [1.165, 1.54) is 10.5 Å². The van der Waals surface area contributed by atoms with Gasteiger partial charge >= 0.3 is 0 Å². The van der Waals surface area contributed by atoms with Gasteiger partial charge in [-0.25, -0.2) is 0 Å². The van der Waals surface area contributed by atoms with Crippen LogP contribution in [0.1, 0.15) is 42.9 Å². The largest absolute Gasteiger partial charge is 0.497 e. The third kappa shape index (κ3) is 6.49. The minimum atomic E-state index is -0.729. The number of hydrogen-bond acceptors (Lipinski definition) is 6. The Balaban J connectivity index is 1.33. The number of rotatable bonds is 10. The molecule has 2 aromatic carbocycles. The summed E-state index contributed by atoms with van der Waals surface area (Å²) in [5.74, 6) is 1.76. The fraction of sp³-hybridized carbons (Fsp3) is 0.464. The van der Waals surface area contributed by atoms with Crippen LogP contribution in [-0.4, -0.2) is 59.2 Å². The summed E-state index contributed by atoms with van der Waals surface area (Å²) in [6, 6.07) is 14.3. The minimum Gasteiger partial charge on any atom is -0.497 e. The zero-order chi connectivity index (χ0) is 24.8. The summed E-state index contributed by atoms with van der Waals surface area (Å²) in [5, 5.41) is 22.7. The Bertz CT molecular complexity index is 1120. The second-order valence-electron chi connectivity index (χ2n) is 9.62. The highest BCUT2D eigenvalue weighted by Gasteiger charge is 2.34. The van der Waals surface area contributed by atoms with Crippen LogP contribution in [0, 0.1) is 12.3 Å². The number of hydrogen-bond donors (Lipinski definition) is 2. The molecule has 0 bridgehead atoms. The van der Waals surface area contributed by atoms with E-state index in [-0.39, 0.29) is 12.0 Å². The molecule has 5 nitrogen and oxygen atoms in total. The summed E-state index contributed by atoms with van der Waals surface area (Å²) in [6.45, 7) is 5.25. The number of pyridine rings is 1. The number of likely N-dealkylation sites (tertiary alicyclic amines) is 1. The molecule has 0 spiro atoms. The van der Waals surface area contributed by atoms with E-state index in [1.54, 1.807) is 13.3 Å². The Labute approximate surface area is 217 Å². The number of methoxy groups -OCH3 is 1. The first-order chi connectivity index (χ1) is 16.9. The predicted octanol–water partition coefficient (Wildman–Crippen LogP) is 5.89. The fourth-order valence-electron chi connectivity index (χ4n) is 4.89. The fourth-order valence-corrected chi connectivity index (χ4v) is 6.08. The van der Waals surface area contributed by atoms with Crippen molar-refractivity contribution >= 4 is 34.3 Å². The van der Waals surface area contributed by atoms with Gasteiger partial charge in [0, 0.05) is 40.9 Å². The third-order valence-electron chi connectivity index (χ3n) is 7.30.